The summed E-state index contributed by atoms with van der Waals surface area (Å²) >= 11 is 9.74. The van der Waals surface area contributed by atoms with Crippen LogP contribution >= 0.6 is 27.5 Å². The van der Waals surface area contributed by atoms with Crippen LogP contribution in [-0.2, 0) is 6.54 Å². The van der Waals surface area contributed by atoms with Crippen molar-refractivity contribution in [3.05, 3.63) is 63.3 Å². The number of rotatable bonds is 3. The molecule has 0 saturated carbocycles. The summed E-state index contributed by atoms with van der Waals surface area (Å²) < 4.78 is 6.59. The van der Waals surface area contributed by atoms with Crippen molar-refractivity contribution >= 4 is 44.2 Å². The largest absolute Gasteiger partial charge is 0.444 e. The van der Waals surface area contributed by atoms with Crippen molar-refractivity contribution in [2.24, 2.45) is 0 Å². The number of nitrogens with one attached hydrogen (secondary N) is 1. The highest BCUT2D eigenvalue weighted by Gasteiger charge is 2.12. The third-order valence-corrected chi connectivity index (χ3v) is 4.19. The second-order valence-corrected chi connectivity index (χ2v) is 5.88. The number of halogens is 2. The Balaban J connectivity index is 1.88. The van der Waals surface area contributed by atoms with Crippen molar-refractivity contribution < 1.29 is 4.42 Å². The van der Waals surface area contributed by atoms with Gasteiger partial charge in [-0.05, 0) is 58.2 Å². The van der Waals surface area contributed by atoms with Crippen LogP contribution in [0.4, 0.5) is 5.69 Å². The van der Waals surface area contributed by atoms with Gasteiger partial charge in [-0.1, -0.05) is 24.3 Å². The molecule has 0 aliphatic heterocycles. The van der Waals surface area contributed by atoms with E-state index in [1.807, 2.05) is 24.3 Å². The maximum absolute atomic E-state index is 6.18. The zero-order valence-corrected chi connectivity index (χ0v) is 13.3. The summed E-state index contributed by atoms with van der Waals surface area (Å²) in [7, 11) is 0. The average molecular weight is 351 g/mol. The Morgan fingerprint density at radius 1 is 1.20 bits per heavy atom. The minimum atomic E-state index is 0.446. The van der Waals surface area contributed by atoms with Gasteiger partial charge in [0.15, 0.2) is 5.22 Å². The molecule has 20 heavy (non-hydrogen) atoms. The van der Waals surface area contributed by atoms with E-state index in [-0.39, 0.29) is 0 Å². The SMILES string of the molecule is Cc1ccc(NCc2c(Cl)oc3ccccc23)c(Br)c1. The lowest BCUT2D eigenvalue weighted by molar-refractivity contribution is 0.613. The van der Waals surface area contributed by atoms with Crippen molar-refractivity contribution in [3.8, 4) is 0 Å². The van der Waals surface area contributed by atoms with E-state index in [0.29, 0.717) is 11.8 Å². The standard InChI is InChI=1S/C16H13BrClNO/c1-10-6-7-14(13(17)8-10)19-9-12-11-4-2-3-5-15(11)20-16(12)18/h2-8,19H,9H2,1H3. The quantitative estimate of drug-likeness (QED) is 0.648. The number of fused-ring (bicyclic) bond motifs is 1. The molecule has 0 amide bonds. The van der Waals surface area contributed by atoms with Gasteiger partial charge in [0.05, 0.1) is 0 Å². The summed E-state index contributed by atoms with van der Waals surface area (Å²) in [4.78, 5) is 0. The molecule has 1 aromatic heterocycles. The first-order valence-corrected chi connectivity index (χ1v) is 7.48. The predicted molar refractivity (Wildman–Crippen MR) is 87.4 cm³/mol. The lowest BCUT2D eigenvalue weighted by Crippen LogP contribution is -2.00. The van der Waals surface area contributed by atoms with E-state index in [2.05, 4.69) is 46.4 Å². The topological polar surface area (TPSA) is 25.2 Å². The van der Waals surface area contributed by atoms with Gasteiger partial charge in [0.2, 0.25) is 0 Å². The summed E-state index contributed by atoms with van der Waals surface area (Å²) in [5.41, 5.74) is 4.05. The lowest BCUT2D eigenvalue weighted by Gasteiger charge is -2.08. The fourth-order valence-electron chi connectivity index (χ4n) is 2.18. The molecule has 0 aliphatic rings. The number of para-hydroxylation sites is 1. The van der Waals surface area contributed by atoms with Crippen LogP contribution in [0.2, 0.25) is 5.22 Å². The fraction of sp³-hybridized carbons (Fsp3) is 0.125. The molecule has 2 aromatic carbocycles. The van der Waals surface area contributed by atoms with E-state index < -0.39 is 0 Å². The average Bonchev–Trinajstić information content (AvgIpc) is 2.74. The summed E-state index contributed by atoms with van der Waals surface area (Å²) in [6.07, 6.45) is 0. The Labute approximate surface area is 130 Å². The van der Waals surface area contributed by atoms with Gasteiger partial charge >= 0.3 is 0 Å². The van der Waals surface area contributed by atoms with Gasteiger partial charge in [-0.3, -0.25) is 0 Å². The molecule has 0 bridgehead atoms. The van der Waals surface area contributed by atoms with Gasteiger partial charge in [-0.2, -0.15) is 0 Å². The number of hydrogen-bond donors (Lipinski definition) is 1. The molecule has 4 heteroatoms. The molecule has 1 heterocycles. The Morgan fingerprint density at radius 2 is 2.00 bits per heavy atom. The molecular formula is C16H13BrClNO. The van der Waals surface area contributed by atoms with Crippen molar-refractivity contribution in [1.29, 1.82) is 0 Å². The minimum Gasteiger partial charge on any atom is -0.444 e. The highest BCUT2D eigenvalue weighted by molar-refractivity contribution is 9.10. The van der Waals surface area contributed by atoms with E-state index in [1.54, 1.807) is 0 Å². The van der Waals surface area contributed by atoms with Crippen molar-refractivity contribution in [2.75, 3.05) is 5.32 Å². The molecule has 0 unspecified atom stereocenters. The number of aryl methyl sites for hydroxylation is 1. The Kier molecular flexibility index (Phi) is 3.72. The molecule has 0 atom stereocenters. The zero-order chi connectivity index (χ0) is 14.1. The molecule has 1 N–H and O–H groups in total. The summed E-state index contributed by atoms with van der Waals surface area (Å²) in [6, 6.07) is 14.1. The Bertz CT molecular complexity index is 766. The van der Waals surface area contributed by atoms with E-state index in [1.165, 1.54) is 5.56 Å². The first kappa shape index (κ1) is 13.5. The normalized spacial score (nSPS) is 10.9. The molecule has 102 valence electrons. The molecule has 3 rings (SSSR count). The van der Waals surface area contributed by atoms with Crippen LogP contribution in [0.15, 0.2) is 51.4 Å². The summed E-state index contributed by atoms with van der Waals surface area (Å²) in [5, 5.41) is 4.88. The first-order valence-electron chi connectivity index (χ1n) is 6.31. The smallest absolute Gasteiger partial charge is 0.199 e. The molecule has 0 saturated heterocycles. The maximum Gasteiger partial charge on any atom is 0.199 e. The van der Waals surface area contributed by atoms with E-state index in [0.717, 1.165) is 26.7 Å². The van der Waals surface area contributed by atoms with Gasteiger partial charge in [0.25, 0.3) is 0 Å². The van der Waals surface area contributed by atoms with Crippen molar-refractivity contribution in [1.82, 2.24) is 0 Å². The molecule has 0 fully saturated rings. The number of furan rings is 1. The first-order chi connectivity index (χ1) is 9.65. The molecule has 0 aliphatic carbocycles. The number of hydrogen-bond acceptors (Lipinski definition) is 2. The molecule has 3 aromatic rings. The highest BCUT2D eigenvalue weighted by atomic mass is 79.9. The zero-order valence-electron chi connectivity index (χ0n) is 10.9. The van der Waals surface area contributed by atoms with Crippen LogP contribution in [0.25, 0.3) is 11.0 Å². The second kappa shape index (κ2) is 5.51. The summed E-state index contributed by atoms with van der Waals surface area (Å²) in [6.45, 7) is 2.69. The molecule has 0 radical (unpaired) electrons. The Morgan fingerprint density at radius 3 is 2.80 bits per heavy atom. The fourth-order valence-corrected chi connectivity index (χ4v) is 3.07. The van der Waals surface area contributed by atoms with Crippen molar-refractivity contribution in [2.45, 2.75) is 13.5 Å². The lowest BCUT2D eigenvalue weighted by atomic mass is 10.1. The molecule has 2 nitrogen and oxygen atoms in total. The van der Waals surface area contributed by atoms with Gasteiger partial charge < -0.3 is 9.73 Å². The van der Waals surface area contributed by atoms with E-state index >= 15 is 0 Å². The predicted octanol–water partition coefficient (Wildman–Crippen LogP) is 5.77. The Hall–Kier alpha value is -1.45. The maximum atomic E-state index is 6.18. The minimum absolute atomic E-state index is 0.446. The van der Waals surface area contributed by atoms with Crippen LogP contribution in [0, 0.1) is 6.92 Å². The number of benzene rings is 2. The van der Waals surface area contributed by atoms with Gasteiger partial charge in [0, 0.05) is 27.7 Å². The second-order valence-electron chi connectivity index (χ2n) is 4.69. The third-order valence-electron chi connectivity index (χ3n) is 3.23. The van der Waals surface area contributed by atoms with E-state index in [4.69, 9.17) is 16.0 Å². The number of anilines is 1. The summed E-state index contributed by atoms with van der Waals surface area (Å²) in [5.74, 6) is 0. The van der Waals surface area contributed by atoms with E-state index in [9.17, 15) is 0 Å². The van der Waals surface area contributed by atoms with Gasteiger partial charge in [0.1, 0.15) is 5.58 Å². The monoisotopic (exact) mass is 349 g/mol. The van der Waals surface area contributed by atoms with Crippen molar-refractivity contribution in [3.63, 3.8) is 0 Å². The van der Waals surface area contributed by atoms with Crippen LogP contribution in [-0.4, -0.2) is 0 Å². The van der Waals surface area contributed by atoms with Crippen LogP contribution < -0.4 is 5.32 Å². The van der Waals surface area contributed by atoms with Crippen LogP contribution in [0.1, 0.15) is 11.1 Å². The van der Waals surface area contributed by atoms with Gasteiger partial charge in [-0.15, -0.1) is 0 Å². The molecule has 0 spiro atoms. The van der Waals surface area contributed by atoms with Crippen LogP contribution in [0.3, 0.4) is 0 Å². The van der Waals surface area contributed by atoms with Crippen LogP contribution in [0.5, 0.6) is 0 Å². The van der Waals surface area contributed by atoms with Gasteiger partial charge in [-0.25, -0.2) is 0 Å². The third kappa shape index (κ3) is 2.56. The molecular weight excluding hydrogens is 338 g/mol. The highest BCUT2D eigenvalue weighted by Crippen LogP contribution is 2.31.